The first kappa shape index (κ1) is 17.5. The van der Waals surface area contributed by atoms with E-state index >= 15 is 0 Å². The molecule has 0 N–H and O–H groups in total. The highest BCUT2D eigenvalue weighted by Crippen LogP contribution is 2.50. The van der Waals surface area contributed by atoms with Gasteiger partial charge < -0.3 is 14.5 Å². The van der Waals surface area contributed by atoms with Crippen molar-refractivity contribution in [3.05, 3.63) is 35.9 Å². The third-order valence-electron chi connectivity index (χ3n) is 6.55. The quantitative estimate of drug-likeness (QED) is 0.835. The summed E-state index contributed by atoms with van der Waals surface area (Å²) in [6.45, 7) is 6.14. The van der Waals surface area contributed by atoms with Crippen molar-refractivity contribution >= 4 is 11.8 Å². The zero-order chi connectivity index (χ0) is 18.1. The van der Waals surface area contributed by atoms with E-state index in [0.29, 0.717) is 26.3 Å². The maximum atomic E-state index is 13.3. The van der Waals surface area contributed by atoms with Gasteiger partial charge in [0.1, 0.15) is 0 Å². The third kappa shape index (κ3) is 2.82. The summed E-state index contributed by atoms with van der Waals surface area (Å²) in [4.78, 5) is 30.3. The Bertz CT molecular complexity index is 671. The molecule has 1 aromatic rings. The summed E-state index contributed by atoms with van der Waals surface area (Å²) < 4.78 is 5.41. The van der Waals surface area contributed by atoms with Gasteiger partial charge in [0.2, 0.25) is 11.8 Å². The molecule has 3 aliphatic heterocycles. The van der Waals surface area contributed by atoms with Crippen molar-refractivity contribution in [3.63, 3.8) is 0 Å². The Labute approximate surface area is 155 Å². The van der Waals surface area contributed by atoms with E-state index < -0.39 is 5.41 Å². The van der Waals surface area contributed by atoms with Crippen LogP contribution in [0.2, 0.25) is 0 Å². The van der Waals surface area contributed by atoms with Crippen LogP contribution in [0.15, 0.2) is 30.3 Å². The fraction of sp³-hybridized carbons (Fsp3) is 0.619. The Hall–Kier alpha value is -1.88. The number of benzene rings is 1. The summed E-state index contributed by atoms with van der Waals surface area (Å²) in [5.41, 5.74) is 0.735. The Kier molecular flexibility index (Phi) is 4.74. The van der Waals surface area contributed by atoms with E-state index in [1.54, 1.807) is 0 Å². The molecule has 5 nitrogen and oxygen atoms in total. The predicted octanol–water partition coefficient (Wildman–Crippen LogP) is 2.28. The second-order valence-corrected chi connectivity index (χ2v) is 7.86. The maximum absolute atomic E-state index is 13.3. The SMILES string of the molecule is CCN1CC[C@@]2(CN(C(=O)C3CCOCC3)C[C@H]2c2ccccc2)C1=O. The number of carbonyl (C=O) groups excluding carboxylic acids is 2. The number of carbonyl (C=O) groups is 2. The fourth-order valence-electron chi connectivity index (χ4n) is 5.02. The van der Waals surface area contributed by atoms with E-state index in [1.165, 1.54) is 5.56 Å². The van der Waals surface area contributed by atoms with E-state index in [4.69, 9.17) is 4.74 Å². The molecule has 0 aromatic heterocycles. The second kappa shape index (κ2) is 7.03. The Balaban J connectivity index is 1.63. The smallest absolute Gasteiger partial charge is 0.231 e. The lowest BCUT2D eigenvalue weighted by molar-refractivity contribution is -0.139. The molecule has 1 aromatic carbocycles. The topological polar surface area (TPSA) is 49.9 Å². The van der Waals surface area contributed by atoms with Gasteiger partial charge >= 0.3 is 0 Å². The molecule has 3 fully saturated rings. The van der Waals surface area contributed by atoms with Crippen molar-refractivity contribution in [2.45, 2.75) is 32.1 Å². The van der Waals surface area contributed by atoms with Gasteiger partial charge in [0.15, 0.2) is 0 Å². The number of nitrogens with zero attached hydrogens (tertiary/aromatic N) is 2. The van der Waals surface area contributed by atoms with Crippen molar-refractivity contribution in [2.24, 2.45) is 11.3 Å². The first-order valence-corrected chi connectivity index (χ1v) is 9.86. The van der Waals surface area contributed by atoms with Crippen LogP contribution in [0.1, 0.15) is 37.7 Å². The van der Waals surface area contributed by atoms with E-state index in [-0.39, 0.29) is 23.7 Å². The molecule has 0 radical (unpaired) electrons. The average molecular weight is 356 g/mol. The van der Waals surface area contributed by atoms with Crippen molar-refractivity contribution < 1.29 is 14.3 Å². The number of likely N-dealkylation sites (tertiary alicyclic amines) is 2. The van der Waals surface area contributed by atoms with Crippen LogP contribution in [0, 0.1) is 11.3 Å². The standard InChI is InChI=1S/C21H28N2O3/c1-2-22-11-10-21(20(22)25)15-23(19(24)17-8-12-26-13-9-17)14-18(21)16-6-4-3-5-7-16/h3-7,17-18H,2,8-15H2,1H3/t18-,21-/m0/s1. The van der Waals surface area contributed by atoms with Gasteiger partial charge in [-0.1, -0.05) is 30.3 Å². The second-order valence-electron chi connectivity index (χ2n) is 7.86. The molecule has 3 aliphatic rings. The monoisotopic (exact) mass is 356 g/mol. The summed E-state index contributed by atoms with van der Waals surface area (Å²) in [6.07, 6.45) is 2.44. The molecule has 140 valence electrons. The largest absolute Gasteiger partial charge is 0.381 e. The zero-order valence-electron chi connectivity index (χ0n) is 15.5. The summed E-state index contributed by atoms with van der Waals surface area (Å²) in [5.74, 6) is 0.593. The first-order valence-electron chi connectivity index (χ1n) is 9.86. The number of ether oxygens (including phenoxy) is 1. The minimum atomic E-state index is -0.446. The highest BCUT2D eigenvalue weighted by atomic mass is 16.5. The van der Waals surface area contributed by atoms with E-state index in [2.05, 4.69) is 12.1 Å². The fourth-order valence-corrected chi connectivity index (χ4v) is 5.02. The Morgan fingerprint density at radius 2 is 1.96 bits per heavy atom. The van der Waals surface area contributed by atoms with E-state index in [9.17, 15) is 9.59 Å². The van der Waals surface area contributed by atoms with Gasteiger partial charge in [-0.25, -0.2) is 0 Å². The average Bonchev–Trinajstić information content (AvgIpc) is 3.24. The first-order chi connectivity index (χ1) is 12.7. The number of hydrogen-bond acceptors (Lipinski definition) is 3. The van der Waals surface area contributed by atoms with Gasteiger partial charge in [0.05, 0.1) is 5.41 Å². The molecule has 0 saturated carbocycles. The summed E-state index contributed by atoms with van der Waals surface area (Å²) in [5, 5.41) is 0. The molecule has 0 unspecified atom stereocenters. The van der Waals surface area contributed by atoms with Gasteiger partial charge in [0.25, 0.3) is 0 Å². The van der Waals surface area contributed by atoms with Gasteiger partial charge in [-0.3, -0.25) is 9.59 Å². The Morgan fingerprint density at radius 1 is 1.23 bits per heavy atom. The van der Waals surface area contributed by atoms with Gasteiger partial charge in [-0.15, -0.1) is 0 Å². The lowest BCUT2D eigenvalue weighted by Gasteiger charge is -2.29. The van der Waals surface area contributed by atoms with Crippen LogP contribution in [0.3, 0.4) is 0 Å². The molecular formula is C21H28N2O3. The van der Waals surface area contributed by atoms with Crippen LogP contribution in [0.5, 0.6) is 0 Å². The van der Waals surface area contributed by atoms with Gasteiger partial charge in [-0.2, -0.15) is 0 Å². The van der Waals surface area contributed by atoms with Crippen molar-refractivity contribution in [2.75, 3.05) is 39.4 Å². The molecule has 4 rings (SSSR count). The molecule has 0 aliphatic carbocycles. The van der Waals surface area contributed by atoms with Crippen LogP contribution in [-0.2, 0) is 14.3 Å². The minimum absolute atomic E-state index is 0.0501. The highest BCUT2D eigenvalue weighted by Gasteiger charge is 2.57. The van der Waals surface area contributed by atoms with Crippen LogP contribution < -0.4 is 0 Å². The third-order valence-corrected chi connectivity index (χ3v) is 6.55. The maximum Gasteiger partial charge on any atom is 0.231 e. The molecular weight excluding hydrogens is 328 g/mol. The summed E-state index contributed by atoms with van der Waals surface area (Å²) >= 11 is 0. The molecule has 5 heteroatoms. The van der Waals surface area contributed by atoms with E-state index in [1.807, 2.05) is 34.9 Å². The van der Waals surface area contributed by atoms with Crippen molar-refractivity contribution in [1.82, 2.24) is 9.80 Å². The Morgan fingerprint density at radius 3 is 2.62 bits per heavy atom. The number of amides is 2. The van der Waals surface area contributed by atoms with Gasteiger partial charge in [0, 0.05) is 51.2 Å². The number of hydrogen-bond donors (Lipinski definition) is 0. The van der Waals surface area contributed by atoms with Gasteiger partial charge in [-0.05, 0) is 31.7 Å². The molecule has 0 bridgehead atoms. The van der Waals surface area contributed by atoms with Crippen LogP contribution in [0.25, 0.3) is 0 Å². The van der Waals surface area contributed by atoms with Crippen molar-refractivity contribution in [1.29, 1.82) is 0 Å². The predicted molar refractivity (Wildman–Crippen MR) is 98.6 cm³/mol. The van der Waals surface area contributed by atoms with Crippen LogP contribution in [-0.4, -0.2) is 61.0 Å². The normalized spacial score (nSPS) is 29.7. The van der Waals surface area contributed by atoms with Crippen LogP contribution >= 0.6 is 0 Å². The highest BCUT2D eigenvalue weighted by molar-refractivity contribution is 5.89. The van der Waals surface area contributed by atoms with Crippen molar-refractivity contribution in [3.8, 4) is 0 Å². The molecule has 2 atom stereocenters. The lowest BCUT2D eigenvalue weighted by Crippen LogP contribution is -2.41. The molecule has 3 heterocycles. The molecule has 26 heavy (non-hydrogen) atoms. The summed E-state index contributed by atoms with van der Waals surface area (Å²) in [7, 11) is 0. The van der Waals surface area contributed by atoms with Crippen LogP contribution in [0.4, 0.5) is 0 Å². The minimum Gasteiger partial charge on any atom is -0.381 e. The lowest BCUT2D eigenvalue weighted by atomic mass is 9.73. The molecule has 3 saturated heterocycles. The summed E-state index contributed by atoms with van der Waals surface area (Å²) in [6, 6.07) is 10.3. The molecule has 2 amide bonds. The number of rotatable bonds is 3. The van der Waals surface area contributed by atoms with E-state index in [0.717, 1.165) is 32.4 Å². The zero-order valence-corrected chi connectivity index (χ0v) is 15.5. The molecule has 1 spiro atoms.